The molecule has 0 aromatic heterocycles. The van der Waals surface area contributed by atoms with E-state index in [9.17, 15) is 19.0 Å². The molecule has 0 heterocycles. The lowest BCUT2D eigenvalue weighted by Crippen LogP contribution is -2.30. The van der Waals surface area contributed by atoms with Crippen molar-refractivity contribution in [2.45, 2.75) is 213 Å². The summed E-state index contributed by atoms with van der Waals surface area (Å²) in [6.07, 6.45) is 37.8. The van der Waals surface area contributed by atoms with Crippen molar-refractivity contribution in [3.8, 4) is 0 Å². The Bertz CT molecular complexity index is 856. The van der Waals surface area contributed by atoms with Crippen LogP contribution in [0, 0.1) is 0 Å². The van der Waals surface area contributed by atoms with Gasteiger partial charge in [0, 0.05) is 19.4 Å². The fourth-order valence-corrected chi connectivity index (χ4v) is 6.73. The number of hydrogen-bond acceptors (Lipinski definition) is 9. The Hall–Kier alpha value is -1.25. The molecule has 0 aliphatic heterocycles. The molecule has 0 saturated heterocycles. The molecule has 0 aromatic carbocycles. The van der Waals surface area contributed by atoms with Crippen LogP contribution in [0.25, 0.3) is 0 Å². The molecule has 0 saturated carbocycles. The highest BCUT2D eigenvalue weighted by Gasteiger charge is 2.21. The molecular formula is C41H79NO8P-. The number of nitrogens with two attached hydrogens (primary N) is 1. The number of ether oxygens (including phenoxy) is 2. The molecule has 0 rings (SSSR count). The van der Waals surface area contributed by atoms with E-state index in [0.29, 0.717) is 6.42 Å². The quantitative estimate of drug-likeness (QED) is 0.0281. The first-order valence-corrected chi connectivity index (χ1v) is 22.6. The van der Waals surface area contributed by atoms with Gasteiger partial charge in [-0.15, -0.1) is 0 Å². The van der Waals surface area contributed by atoms with Crippen molar-refractivity contribution in [1.82, 2.24) is 0 Å². The van der Waals surface area contributed by atoms with E-state index >= 15 is 0 Å². The maximum atomic E-state index is 12.5. The summed E-state index contributed by atoms with van der Waals surface area (Å²) < 4.78 is 32.4. The number of phosphoric ester groups is 1. The summed E-state index contributed by atoms with van der Waals surface area (Å²) in [5, 5.41) is 0. The van der Waals surface area contributed by atoms with Gasteiger partial charge in [-0.2, -0.15) is 0 Å². The minimum atomic E-state index is -4.62. The van der Waals surface area contributed by atoms with Gasteiger partial charge in [0.1, 0.15) is 6.61 Å². The van der Waals surface area contributed by atoms with E-state index in [1.54, 1.807) is 0 Å². The van der Waals surface area contributed by atoms with Crippen LogP contribution in [0.2, 0.25) is 0 Å². The summed E-state index contributed by atoms with van der Waals surface area (Å²) >= 11 is 0. The summed E-state index contributed by atoms with van der Waals surface area (Å²) in [4.78, 5) is 36.9. The first-order chi connectivity index (χ1) is 24.8. The van der Waals surface area contributed by atoms with Crippen molar-refractivity contribution < 1.29 is 37.6 Å². The second kappa shape index (κ2) is 38.5. The van der Waals surface area contributed by atoms with Gasteiger partial charge in [0.2, 0.25) is 0 Å². The van der Waals surface area contributed by atoms with Crippen molar-refractivity contribution in [2.75, 3.05) is 26.4 Å². The highest BCUT2D eigenvalue weighted by molar-refractivity contribution is 7.45. The molecule has 0 aliphatic rings. The van der Waals surface area contributed by atoms with E-state index in [2.05, 4.69) is 30.5 Å². The summed E-state index contributed by atoms with van der Waals surface area (Å²) in [5.41, 5.74) is 5.31. The van der Waals surface area contributed by atoms with Crippen LogP contribution in [0.15, 0.2) is 12.2 Å². The van der Waals surface area contributed by atoms with E-state index in [0.717, 1.165) is 57.8 Å². The fourth-order valence-electron chi connectivity index (χ4n) is 5.98. The topological polar surface area (TPSA) is 137 Å². The molecule has 0 bridgehead atoms. The van der Waals surface area contributed by atoms with E-state index in [1.165, 1.54) is 116 Å². The van der Waals surface area contributed by atoms with E-state index in [-0.39, 0.29) is 32.6 Å². The smallest absolute Gasteiger partial charge is 0.306 e. The zero-order valence-corrected chi connectivity index (χ0v) is 34.0. The largest absolute Gasteiger partial charge is 0.756 e. The van der Waals surface area contributed by atoms with Crippen LogP contribution in [-0.2, 0) is 32.7 Å². The summed E-state index contributed by atoms with van der Waals surface area (Å²) in [6, 6.07) is 0. The third-order valence-corrected chi connectivity index (χ3v) is 10.1. The average Bonchev–Trinajstić information content (AvgIpc) is 3.11. The van der Waals surface area contributed by atoms with Crippen molar-refractivity contribution in [3.05, 3.63) is 12.2 Å². The van der Waals surface area contributed by atoms with E-state index in [4.69, 9.17) is 19.7 Å². The zero-order chi connectivity index (χ0) is 37.5. The Balaban J connectivity index is 4.15. The number of rotatable bonds is 40. The van der Waals surface area contributed by atoms with Gasteiger partial charge in [0.25, 0.3) is 7.82 Å². The predicted molar refractivity (Wildman–Crippen MR) is 208 cm³/mol. The van der Waals surface area contributed by atoms with Gasteiger partial charge < -0.3 is 29.1 Å². The highest BCUT2D eigenvalue weighted by Crippen LogP contribution is 2.38. The van der Waals surface area contributed by atoms with Gasteiger partial charge in [-0.25, -0.2) is 0 Å². The molecule has 0 aliphatic carbocycles. The Labute approximate surface area is 313 Å². The molecule has 2 atom stereocenters. The van der Waals surface area contributed by atoms with Gasteiger partial charge in [0.15, 0.2) is 6.10 Å². The Morgan fingerprint density at radius 1 is 0.569 bits per heavy atom. The van der Waals surface area contributed by atoms with E-state index in [1.807, 2.05) is 0 Å². The minimum absolute atomic E-state index is 0.0151. The standard InChI is InChI=1S/C41H80NO8P/c1-3-5-7-9-11-13-15-17-19-21-23-25-27-29-31-33-40(43)47-37-39(38-49-51(45,46)48-36-35-42)50-41(44)34-32-30-28-26-24-22-20-18-16-14-12-10-8-6-4-2/h17,19,39H,3-16,18,20-38,42H2,1-2H3,(H,45,46)/p-1/b19-17-/t39-/m1/s1. The van der Waals surface area contributed by atoms with Gasteiger partial charge >= 0.3 is 11.9 Å². The number of unbranched alkanes of at least 4 members (excludes halogenated alkanes) is 25. The molecule has 1 unspecified atom stereocenters. The monoisotopic (exact) mass is 745 g/mol. The number of carbonyl (C=O) groups excluding carboxylic acids is 2. The normalized spacial score (nSPS) is 13.4. The third-order valence-electron chi connectivity index (χ3n) is 9.14. The Kier molecular flexibility index (Phi) is 37.5. The van der Waals surface area contributed by atoms with Crippen molar-refractivity contribution in [3.63, 3.8) is 0 Å². The first-order valence-electron chi connectivity index (χ1n) is 21.1. The van der Waals surface area contributed by atoms with Gasteiger partial charge in [-0.3, -0.25) is 14.2 Å². The number of hydrogen-bond donors (Lipinski definition) is 1. The number of allylic oxidation sites excluding steroid dienone is 2. The third kappa shape index (κ3) is 38.3. The number of carbonyl (C=O) groups is 2. The zero-order valence-electron chi connectivity index (χ0n) is 33.1. The molecule has 0 amide bonds. The van der Waals surface area contributed by atoms with Crippen molar-refractivity contribution in [2.24, 2.45) is 5.73 Å². The molecule has 0 spiro atoms. The fraction of sp³-hybridized carbons (Fsp3) is 0.902. The average molecular weight is 745 g/mol. The van der Waals surface area contributed by atoms with Gasteiger partial charge in [-0.05, 0) is 38.5 Å². The summed E-state index contributed by atoms with van der Waals surface area (Å²) in [6.45, 7) is 3.54. The van der Waals surface area contributed by atoms with Crippen molar-refractivity contribution in [1.29, 1.82) is 0 Å². The van der Waals surface area contributed by atoms with Crippen LogP contribution in [0.1, 0.15) is 206 Å². The molecule has 302 valence electrons. The van der Waals surface area contributed by atoms with Crippen LogP contribution >= 0.6 is 7.82 Å². The molecule has 0 aromatic rings. The van der Waals surface area contributed by atoms with Crippen LogP contribution in [0.5, 0.6) is 0 Å². The SMILES string of the molecule is CCCCCCCC/C=C\CCCCCCCC(=O)OC[C@H](COP(=O)([O-])OCCN)OC(=O)CCCCCCCCCCCCCCCCC. The molecule has 10 heteroatoms. The Morgan fingerprint density at radius 2 is 0.961 bits per heavy atom. The maximum absolute atomic E-state index is 12.5. The molecular weight excluding hydrogens is 665 g/mol. The van der Waals surface area contributed by atoms with Crippen LogP contribution in [0.3, 0.4) is 0 Å². The lowest BCUT2D eigenvalue weighted by molar-refractivity contribution is -0.228. The van der Waals surface area contributed by atoms with E-state index < -0.39 is 32.5 Å². The molecule has 2 N–H and O–H groups in total. The number of esters is 2. The number of phosphoric acid groups is 1. The van der Waals surface area contributed by atoms with Gasteiger partial charge in [0.05, 0.1) is 13.2 Å². The minimum Gasteiger partial charge on any atom is -0.756 e. The highest BCUT2D eigenvalue weighted by atomic mass is 31.2. The predicted octanol–water partition coefficient (Wildman–Crippen LogP) is 11.2. The maximum Gasteiger partial charge on any atom is 0.306 e. The molecule has 0 radical (unpaired) electrons. The first kappa shape index (κ1) is 49.8. The van der Waals surface area contributed by atoms with Gasteiger partial charge in [-0.1, -0.05) is 167 Å². The second-order valence-corrected chi connectivity index (χ2v) is 15.6. The lowest BCUT2D eigenvalue weighted by atomic mass is 10.0. The van der Waals surface area contributed by atoms with Crippen LogP contribution in [-0.4, -0.2) is 44.4 Å². The lowest BCUT2D eigenvalue weighted by Gasteiger charge is -2.25. The van der Waals surface area contributed by atoms with Crippen LogP contribution in [0.4, 0.5) is 0 Å². The van der Waals surface area contributed by atoms with Crippen molar-refractivity contribution >= 4 is 19.8 Å². The second-order valence-electron chi connectivity index (χ2n) is 14.2. The molecule has 0 fully saturated rings. The summed E-state index contributed by atoms with van der Waals surface area (Å²) in [5.74, 6) is -0.865. The summed E-state index contributed by atoms with van der Waals surface area (Å²) in [7, 11) is -4.62. The Morgan fingerprint density at radius 3 is 1.39 bits per heavy atom. The van der Waals surface area contributed by atoms with Crippen LogP contribution < -0.4 is 10.6 Å². The molecule has 9 nitrogen and oxygen atoms in total. The molecule has 51 heavy (non-hydrogen) atoms.